The van der Waals surface area contributed by atoms with Crippen molar-refractivity contribution in [3.63, 3.8) is 0 Å². The largest absolute Gasteiger partial charge is 0.381 e. The normalized spacial score (nSPS) is 24.2. The summed E-state index contributed by atoms with van der Waals surface area (Å²) in [5.74, 6) is 1.39. The quantitative estimate of drug-likeness (QED) is 0.727. The molecule has 13 heavy (non-hydrogen) atoms. The van der Waals surface area contributed by atoms with Crippen molar-refractivity contribution < 1.29 is 8.95 Å². The number of hydrogen-bond acceptors (Lipinski definition) is 3. The fraction of sp³-hybridized carbons (Fsp3) is 1.00. The Balaban J connectivity index is 2.26. The van der Waals surface area contributed by atoms with Gasteiger partial charge >= 0.3 is 0 Å². The van der Waals surface area contributed by atoms with E-state index in [4.69, 9.17) is 10.5 Å². The van der Waals surface area contributed by atoms with Crippen LogP contribution < -0.4 is 5.73 Å². The molecule has 2 unspecified atom stereocenters. The van der Waals surface area contributed by atoms with E-state index in [9.17, 15) is 4.21 Å². The van der Waals surface area contributed by atoms with Crippen LogP contribution in [-0.2, 0) is 15.5 Å². The first-order valence-corrected chi connectivity index (χ1v) is 6.27. The molecule has 0 spiro atoms. The maximum absolute atomic E-state index is 11.6. The van der Waals surface area contributed by atoms with Crippen molar-refractivity contribution in [2.24, 2.45) is 11.7 Å². The van der Waals surface area contributed by atoms with E-state index in [1.807, 2.05) is 6.92 Å². The molecule has 1 heterocycles. The lowest BCUT2D eigenvalue weighted by molar-refractivity contribution is 0.0725. The van der Waals surface area contributed by atoms with Crippen LogP contribution in [0.3, 0.4) is 0 Å². The van der Waals surface area contributed by atoms with Crippen molar-refractivity contribution >= 4 is 10.8 Å². The third-order valence-electron chi connectivity index (χ3n) is 2.52. The molecule has 2 atom stereocenters. The Morgan fingerprint density at radius 2 is 2.15 bits per heavy atom. The van der Waals surface area contributed by atoms with E-state index in [1.54, 1.807) is 0 Å². The fourth-order valence-electron chi connectivity index (χ4n) is 1.42. The highest BCUT2D eigenvalue weighted by atomic mass is 32.2. The van der Waals surface area contributed by atoms with Crippen LogP contribution >= 0.6 is 0 Å². The zero-order valence-electron chi connectivity index (χ0n) is 8.20. The molecule has 78 valence electrons. The van der Waals surface area contributed by atoms with Crippen molar-refractivity contribution in [1.82, 2.24) is 0 Å². The molecule has 1 fully saturated rings. The molecular weight excluding hydrogens is 186 g/mol. The Bertz CT molecular complexity index is 169. The summed E-state index contributed by atoms with van der Waals surface area (Å²) in [6.45, 7) is 4.14. The Kier molecular flexibility index (Phi) is 4.91. The first-order valence-electron chi connectivity index (χ1n) is 4.89. The van der Waals surface area contributed by atoms with Crippen LogP contribution in [0.1, 0.15) is 19.8 Å². The fourth-order valence-corrected chi connectivity index (χ4v) is 2.76. The highest BCUT2D eigenvalue weighted by molar-refractivity contribution is 7.85. The molecule has 2 N–H and O–H groups in total. The zero-order valence-corrected chi connectivity index (χ0v) is 9.02. The van der Waals surface area contributed by atoms with Crippen molar-refractivity contribution in [3.8, 4) is 0 Å². The third kappa shape index (κ3) is 3.75. The molecule has 0 aromatic carbocycles. The van der Waals surface area contributed by atoms with Crippen LogP contribution in [-0.4, -0.2) is 35.0 Å². The highest BCUT2D eigenvalue weighted by Crippen LogP contribution is 2.16. The second-order valence-corrected chi connectivity index (χ2v) is 5.55. The Hall–Kier alpha value is 0.0700. The first kappa shape index (κ1) is 11.1. The minimum atomic E-state index is -0.743. The van der Waals surface area contributed by atoms with Gasteiger partial charge in [-0.3, -0.25) is 4.21 Å². The van der Waals surface area contributed by atoms with E-state index in [1.165, 1.54) is 0 Å². The summed E-state index contributed by atoms with van der Waals surface area (Å²) in [6, 6.07) is 0. The van der Waals surface area contributed by atoms with Gasteiger partial charge in [-0.25, -0.2) is 0 Å². The van der Waals surface area contributed by atoms with Gasteiger partial charge in [0, 0.05) is 41.6 Å². The van der Waals surface area contributed by atoms with Crippen LogP contribution in [0.25, 0.3) is 0 Å². The van der Waals surface area contributed by atoms with Crippen LogP contribution in [0.2, 0.25) is 0 Å². The molecule has 0 amide bonds. The molecule has 0 radical (unpaired) electrons. The van der Waals surface area contributed by atoms with Gasteiger partial charge in [0.1, 0.15) is 0 Å². The lowest BCUT2D eigenvalue weighted by Crippen LogP contribution is -2.28. The molecule has 1 aliphatic rings. The summed E-state index contributed by atoms with van der Waals surface area (Å²) in [7, 11) is -0.743. The van der Waals surface area contributed by atoms with E-state index in [0.717, 1.165) is 31.8 Å². The van der Waals surface area contributed by atoms with Gasteiger partial charge in [0.25, 0.3) is 0 Å². The van der Waals surface area contributed by atoms with Gasteiger partial charge < -0.3 is 10.5 Å². The maximum atomic E-state index is 11.6. The minimum Gasteiger partial charge on any atom is -0.381 e. The molecule has 1 rings (SSSR count). The van der Waals surface area contributed by atoms with Crippen LogP contribution in [0, 0.1) is 5.92 Å². The molecule has 0 bridgehead atoms. The molecule has 0 aromatic heterocycles. The SMILES string of the molecule is CC(CN)S(=O)CC1CCOCC1. The van der Waals surface area contributed by atoms with E-state index in [-0.39, 0.29) is 5.25 Å². The van der Waals surface area contributed by atoms with Gasteiger partial charge in [0.2, 0.25) is 0 Å². The van der Waals surface area contributed by atoms with Crippen molar-refractivity contribution in [2.45, 2.75) is 25.0 Å². The van der Waals surface area contributed by atoms with E-state index in [0.29, 0.717) is 12.5 Å². The highest BCUT2D eigenvalue weighted by Gasteiger charge is 2.18. The monoisotopic (exact) mass is 205 g/mol. The van der Waals surface area contributed by atoms with Crippen molar-refractivity contribution in [1.29, 1.82) is 0 Å². The topological polar surface area (TPSA) is 52.3 Å². The van der Waals surface area contributed by atoms with Crippen molar-refractivity contribution in [2.75, 3.05) is 25.5 Å². The predicted molar refractivity (Wildman–Crippen MR) is 55.1 cm³/mol. The Morgan fingerprint density at radius 1 is 1.54 bits per heavy atom. The molecule has 0 saturated carbocycles. The number of ether oxygens (including phenoxy) is 1. The van der Waals surface area contributed by atoms with E-state index >= 15 is 0 Å². The first-order chi connectivity index (χ1) is 6.24. The molecule has 4 heteroatoms. The molecule has 1 saturated heterocycles. The van der Waals surface area contributed by atoms with Gasteiger partial charge in [-0.05, 0) is 25.7 Å². The number of rotatable bonds is 4. The smallest absolute Gasteiger partial charge is 0.0469 e. The zero-order chi connectivity index (χ0) is 9.68. The second kappa shape index (κ2) is 5.73. The van der Waals surface area contributed by atoms with Gasteiger partial charge in [0.15, 0.2) is 0 Å². The van der Waals surface area contributed by atoms with Gasteiger partial charge in [-0.15, -0.1) is 0 Å². The standard InChI is InChI=1S/C9H19NO2S/c1-8(6-10)13(11)7-9-2-4-12-5-3-9/h8-9H,2-7,10H2,1H3. The summed E-state index contributed by atoms with van der Waals surface area (Å²) in [5.41, 5.74) is 5.46. The molecule has 1 aliphatic heterocycles. The molecule has 0 aliphatic carbocycles. The Morgan fingerprint density at radius 3 is 2.69 bits per heavy atom. The summed E-state index contributed by atoms with van der Waals surface area (Å²) in [4.78, 5) is 0. The average molecular weight is 205 g/mol. The maximum Gasteiger partial charge on any atom is 0.0469 e. The predicted octanol–water partition coefficient (Wildman–Crippen LogP) is 0.509. The van der Waals surface area contributed by atoms with Crippen LogP contribution in [0.4, 0.5) is 0 Å². The van der Waals surface area contributed by atoms with Gasteiger partial charge in [-0.1, -0.05) is 0 Å². The molecular formula is C9H19NO2S. The molecule has 3 nitrogen and oxygen atoms in total. The van der Waals surface area contributed by atoms with Gasteiger partial charge in [0.05, 0.1) is 0 Å². The third-order valence-corrected chi connectivity index (χ3v) is 4.41. The minimum absolute atomic E-state index is 0.142. The molecule has 0 aromatic rings. The van der Waals surface area contributed by atoms with Crippen LogP contribution in [0.5, 0.6) is 0 Å². The summed E-state index contributed by atoms with van der Waals surface area (Å²) in [6.07, 6.45) is 2.12. The average Bonchev–Trinajstić information content (AvgIpc) is 2.18. The van der Waals surface area contributed by atoms with Crippen molar-refractivity contribution in [3.05, 3.63) is 0 Å². The number of nitrogens with two attached hydrogens (primary N) is 1. The Labute approximate surface area is 82.5 Å². The van der Waals surface area contributed by atoms with E-state index in [2.05, 4.69) is 0 Å². The van der Waals surface area contributed by atoms with Crippen LogP contribution in [0.15, 0.2) is 0 Å². The summed E-state index contributed by atoms with van der Waals surface area (Å²) in [5, 5.41) is 0.142. The summed E-state index contributed by atoms with van der Waals surface area (Å²) < 4.78 is 16.9. The lowest BCUT2D eigenvalue weighted by Gasteiger charge is -2.22. The van der Waals surface area contributed by atoms with Gasteiger partial charge in [-0.2, -0.15) is 0 Å². The lowest BCUT2D eigenvalue weighted by atomic mass is 10.0. The number of hydrogen-bond donors (Lipinski definition) is 1. The summed E-state index contributed by atoms with van der Waals surface area (Å²) >= 11 is 0. The second-order valence-electron chi connectivity index (χ2n) is 3.65. The van der Waals surface area contributed by atoms with E-state index < -0.39 is 10.8 Å².